The van der Waals surface area contributed by atoms with Crippen molar-refractivity contribution in [1.82, 2.24) is 5.43 Å². The molecule has 0 heterocycles. The van der Waals surface area contributed by atoms with Crippen molar-refractivity contribution < 1.29 is 24.2 Å². The number of nitro groups is 2. The number of nitrogens with two attached hydrogens (primary N) is 1. The molecule has 0 saturated heterocycles. The van der Waals surface area contributed by atoms with E-state index in [-0.39, 0.29) is 40.3 Å². The molecular formula is C19H17N5O7. The molecular weight excluding hydrogens is 410 g/mol. The van der Waals surface area contributed by atoms with E-state index in [2.05, 4.69) is 5.10 Å². The van der Waals surface area contributed by atoms with Crippen molar-refractivity contribution >= 4 is 29.1 Å². The number of carbonyl (C=O) groups excluding carboxylic acids is 2. The van der Waals surface area contributed by atoms with Gasteiger partial charge in [0, 0.05) is 41.0 Å². The Morgan fingerprint density at radius 1 is 1.06 bits per heavy atom. The van der Waals surface area contributed by atoms with Gasteiger partial charge < -0.3 is 10.5 Å². The van der Waals surface area contributed by atoms with Crippen molar-refractivity contribution in [2.75, 3.05) is 6.61 Å². The number of ether oxygens (including phenoxy) is 1. The number of urea groups is 1. The molecule has 2 aromatic carbocycles. The number of hydrazone groups is 1. The van der Waals surface area contributed by atoms with Crippen molar-refractivity contribution in [1.29, 1.82) is 0 Å². The summed E-state index contributed by atoms with van der Waals surface area (Å²) in [6, 6.07) is 5.11. The minimum absolute atomic E-state index is 0.00110. The number of carbonyl (C=O) groups is 2. The largest absolute Gasteiger partial charge is 0.462 e. The molecule has 31 heavy (non-hydrogen) atoms. The van der Waals surface area contributed by atoms with Gasteiger partial charge in [-0.25, -0.2) is 15.0 Å². The van der Waals surface area contributed by atoms with Gasteiger partial charge in [-0.15, -0.1) is 0 Å². The standard InChI is InChI=1S/C19H17N5O7/c1-2-3-6-31-18(25)15-9-11(24(29)30)8-14-16(15)12-5-4-10(23(27)28)7-13(12)17(14)21-22-19(20)26/h4-5,7-9H,2-3,6H2,1H3,(H3,20,22,26). The molecule has 0 unspecified atom stereocenters. The smallest absolute Gasteiger partial charge is 0.339 e. The average Bonchev–Trinajstić information content (AvgIpc) is 3.04. The molecule has 0 atom stereocenters. The molecule has 0 aromatic heterocycles. The number of unbranched alkanes of at least 4 members (excludes halogenated alkanes) is 1. The maximum atomic E-state index is 12.7. The lowest BCUT2D eigenvalue weighted by molar-refractivity contribution is -0.385. The lowest BCUT2D eigenvalue weighted by Gasteiger charge is -2.10. The van der Waals surface area contributed by atoms with Crippen LogP contribution in [0.15, 0.2) is 35.4 Å². The lowest BCUT2D eigenvalue weighted by atomic mass is 9.98. The first-order chi connectivity index (χ1) is 14.7. The Balaban J connectivity index is 2.27. The molecule has 12 heteroatoms. The summed E-state index contributed by atoms with van der Waals surface area (Å²) in [5, 5.41) is 26.6. The van der Waals surface area contributed by atoms with Gasteiger partial charge in [-0.3, -0.25) is 20.2 Å². The van der Waals surface area contributed by atoms with Crippen LogP contribution in [-0.2, 0) is 4.74 Å². The summed E-state index contributed by atoms with van der Waals surface area (Å²) >= 11 is 0. The third-order valence-corrected chi connectivity index (χ3v) is 4.56. The van der Waals surface area contributed by atoms with Crippen molar-refractivity contribution in [2.24, 2.45) is 10.8 Å². The highest BCUT2D eigenvalue weighted by Gasteiger charge is 2.34. The van der Waals surface area contributed by atoms with Gasteiger partial charge in [0.1, 0.15) is 0 Å². The van der Waals surface area contributed by atoms with Gasteiger partial charge in [0.15, 0.2) is 0 Å². The van der Waals surface area contributed by atoms with Crippen molar-refractivity contribution in [3.05, 3.63) is 67.3 Å². The molecule has 1 aliphatic carbocycles. The number of nitrogens with zero attached hydrogens (tertiary/aromatic N) is 3. The van der Waals surface area contributed by atoms with E-state index in [0.717, 1.165) is 12.5 Å². The molecule has 0 fully saturated rings. The second-order valence-corrected chi connectivity index (χ2v) is 6.59. The maximum absolute atomic E-state index is 12.7. The van der Waals surface area contributed by atoms with Gasteiger partial charge in [-0.05, 0) is 18.1 Å². The highest BCUT2D eigenvalue weighted by molar-refractivity contribution is 6.27. The Hall–Kier alpha value is -4.35. The fraction of sp³-hybridized carbons (Fsp3) is 0.211. The van der Waals surface area contributed by atoms with E-state index in [4.69, 9.17) is 10.5 Å². The first-order valence-electron chi connectivity index (χ1n) is 9.16. The number of rotatable bonds is 7. The number of hydrogen-bond donors (Lipinski definition) is 2. The number of hydrogen-bond acceptors (Lipinski definition) is 8. The molecule has 12 nitrogen and oxygen atoms in total. The van der Waals surface area contributed by atoms with Gasteiger partial charge in [0.05, 0.1) is 27.7 Å². The van der Waals surface area contributed by atoms with E-state index >= 15 is 0 Å². The van der Waals surface area contributed by atoms with Crippen molar-refractivity contribution in [3.8, 4) is 11.1 Å². The fourth-order valence-electron chi connectivity index (χ4n) is 3.19. The third kappa shape index (κ3) is 4.17. The molecule has 1 aliphatic rings. The van der Waals surface area contributed by atoms with E-state index in [1.54, 1.807) is 0 Å². The van der Waals surface area contributed by atoms with Crippen LogP contribution in [0, 0.1) is 20.2 Å². The molecule has 0 bridgehead atoms. The van der Waals surface area contributed by atoms with Gasteiger partial charge in [-0.1, -0.05) is 13.3 Å². The minimum Gasteiger partial charge on any atom is -0.462 e. The fourth-order valence-corrected chi connectivity index (χ4v) is 3.19. The van der Waals surface area contributed by atoms with Crippen molar-refractivity contribution in [3.63, 3.8) is 0 Å². The zero-order valence-corrected chi connectivity index (χ0v) is 16.3. The minimum atomic E-state index is -1.00. The van der Waals surface area contributed by atoms with Gasteiger partial charge in [-0.2, -0.15) is 5.10 Å². The van der Waals surface area contributed by atoms with Crippen molar-refractivity contribution in [2.45, 2.75) is 19.8 Å². The summed E-state index contributed by atoms with van der Waals surface area (Å²) in [6.07, 6.45) is 1.39. The SMILES string of the molecule is CCCCOC(=O)c1cc([N+](=O)[O-])cc2c1-c1ccc([N+](=O)[O-])cc1C2=NNC(N)=O. The van der Waals surface area contributed by atoms with E-state index in [9.17, 15) is 29.8 Å². The summed E-state index contributed by atoms with van der Waals surface area (Å²) in [4.78, 5) is 45.3. The van der Waals surface area contributed by atoms with Gasteiger partial charge in [0.2, 0.25) is 0 Å². The third-order valence-electron chi connectivity index (χ3n) is 4.56. The van der Waals surface area contributed by atoms with E-state index in [0.29, 0.717) is 12.0 Å². The molecule has 0 saturated carbocycles. The van der Waals surface area contributed by atoms with Crippen LogP contribution in [-0.4, -0.2) is 34.2 Å². The number of fused-ring (bicyclic) bond motifs is 3. The zero-order valence-electron chi connectivity index (χ0n) is 16.3. The summed E-state index contributed by atoms with van der Waals surface area (Å²) in [7, 11) is 0. The van der Waals surface area contributed by atoms with Crippen LogP contribution in [0.3, 0.4) is 0 Å². The molecule has 3 rings (SSSR count). The van der Waals surface area contributed by atoms with Crippen LogP contribution < -0.4 is 11.2 Å². The predicted molar refractivity (Wildman–Crippen MR) is 109 cm³/mol. The summed E-state index contributed by atoms with van der Waals surface area (Å²) in [6.45, 7) is 2.04. The Morgan fingerprint density at radius 2 is 1.74 bits per heavy atom. The Labute approximate surface area is 175 Å². The molecule has 3 N–H and O–H groups in total. The lowest BCUT2D eigenvalue weighted by Crippen LogP contribution is -2.26. The second-order valence-electron chi connectivity index (χ2n) is 6.59. The van der Waals surface area contributed by atoms with E-state index in [1.165, 1.54) is 24.3 Å². The zero-order chi connectivity index (χ0) is 22.7. The molecule has 2 aromatic rings. The van der Waals surface area contributed by atoms with Crippen LogP contribution >= 0.6 is 0 Å². The van der Waals surface area contributed by atoms with Gasteiger partial charge in [0.25, 0.3) is 11.4 Å². The number of nitrogens with one attached hydrogen (secondary N) is 1. The predicted octanol–water partition coefficient (Wildman–Crippen LogP) is 2.86. The normalized spacial score (nSPS) is 12.7. The average molecular weight is 427 g/mol. The van der Waals surface area contributed by atoms with E-state index < -0.39 is 27.5 Å². The van der Waals surface area contributed by atoms with Crippen LogP contribution in [0.1, 0.15) is 41.3 Å². The van der Waals surface area contributed by atoms with Crippen LogP contribution in [0.2, 0.25) is 0 Å². The number of primary amides is 1. The second kappa shape index (κ2) is 8.57. The summed E-state index contributed by atoms with van der Waals surface area (Å²) in [5.41, 5.74) is 7.33. The summed E-state index contributed by atoms with van der Waals surface area (Å²) < 4.78 is 5.24. The van der Waals surface area contributed by atoms with Gasteiger partial charge >= 0.3 is 12.0 Å². The number of benzene rings is 2. The van der Waals surface area contributed by atoms with Crippen LogP contribution in [0.5, 0.6) is 0 Å². The first-order valence-corrected chi connectivity index (χ1v) is 9.16. The molecule has 0 aliphatic heterocycles. The Bertz CT molecular complexity index is 1140. The number of nitro benzene ring substituents is 2. The monoisotopic (exact) mass is 427 g/mol. The quantitative estimate of drug-likeness (QED) is 0.251. The maximum Gasteiger partial charge on any atom is 0.339 e. The topological polar surface area (TPSA) is 180 Å². The number of amides is 2. The van der Waals surface area contributed by atoms with Crippen LogP contribution in [0.25, 0.3) is 11.1 Å². The van der Waals surface area contributed by atoms with E-state index in [1.807, 2.05) is 12.3 Å². The summed E-state index contributed by atoms with van der Waals surface area (Å²) in [5.74, 6) is -0.776. The highest BCUT2D eigenvalue weighted by Crippen LogP contribution is 2.43. The Kier molecular flexibility index (Phi) is 5.90. The first kappa shape index (κ1) is 21.4. The highest BCUT2D eigenvalue weighted by atomic mass is 16.6. The Morgan fingerprint density at radius 3 is 2.35 bits per heavy atom. The van der Waals surface area contributed by atoms with Crippen LogP contribution in [0.4, 0.5) is 16.2 Å². The number of non-ortho nitro benzene ring substituents is 2. The molecule has 160 valence electrons. The molecule has 0 radical (unpaired) electrons. The molecule has 2 amide bonds. The molecule has 0 spiro atoms. The number of esters is 1.